The van der Waals surface area contributed by atoms with E-state index in [2.05, 4.69) is 5.32 Å². The molecule has 0 aliphatic heterocycles. The highest BCUT2D eigenvalue weighted by Crippen LogP contribution is 2.21. The first-order chi connectivity index (χ1) is 8.76. The number of nitrogens with zero attached hydrogens (tertiary/aromatic N) is 1. The third kappa shape index (κ3) is 4.01. The van der Waals surface area contributed by atoms with Gasteiger partial charge in [0.2, 0.25) is 0 Å². The van der Waals surface area contributed by atoms with E-state index in [1.54, 1.807) is 0 Å². The van der Waals surface area contributed by atoms with Crippen molar-refractivity contribution in [1.29, 1.82) is 0 Å². The molecular formula is C13H17FN2O3. The highest BCUT2D eigenvalue weighted by molar-refractivity contribution is 5.98. The Bertz CT molecular complexity index is 501. The van der Waals surface area contributed by atoms with Crippen LogP contribution in [0.3, 0.4) is 0 Å². The fraction of sp³-hybridized carbons (Fsp3) is 0.462. The summed E-state index contributed by atoms with van der Waals surface area (Å²) < 4.78 is 13.1. The van der Waals surface area contributed by atoms with Crippen LogP contribution in [0, 0.1) is 15.9 Å². The Morgan fingerprint density at radius 3 is 2.63 bits per heavy atom. The summed E-state index contributed by atoms with van der Waals surface area (Å²) in [4.78, 5) is 22.2. The van der Waals surface area contributed by atoms with Gasteiger partial charge in [0.15, 0.2) is 0 Å². The summed E-state index contributed by atoms with van der Waals surface area (Å²) in [6, 6.07) is 2.85. The SMILES string of the molecule is CCCC(C)(C)NC(=O)c1cc(F)ccc1[N+](=O)[O-]. The molecule has 0 unspecified atom stereocenters. The van der Waals surface area contributed by atoms with Gasteiger partial charge in [0.05, 0.1) is 4.92 Å². The van der Waals surface area contributed by atoms with Crippen LogP contribution in [0.25, 0.3) is 0 Å². The van der Waals surface area contributed by atoms with Crippen molar-refractivity contribution in [2.75, 3.05) is 0 Å². The number of benzene rings is 1. The van der Waals surface area contributed by atoms with E-state index in [4.69, 9.17) is 0 Å². The lowest BCUT2D eigenvalue weighted by atomic mass is 9.98. The van der Waals surface area contributed by atoms with Gasteiger partial charge in [-0.1, -0.05) is 13.3 Å². The average molecular weight is 268 g/mol. The first-order valence-corrected chi connectivity index (χ1v) is 6.03. The molecule has 1 rings (SSSR count). The van der Waals surface area contributed by atoms with Crippen molar-refractivity contribution in [2.45, 2.75) is 39.2 Å². The van der Waals surface area contributed by atoms with E-state index in [9.17, 15) is 19.3 Å². The van der Waals surface area contributed by atoms with Gasteiger partial charge >= 0.3 is 0 Å². The van der Waals surface area contributed by atoms with Gasteiger partial charge in [0, 0.05) is 11.6 Å². The van der Waals surface area contributed by atoms with E-state index < -0.39 is 27.9 Å². The van der Waals surface area contributed by atoms with Crippen LogP contribution in [0.15, 0.2) is 18.2 Å². The number of nitro groups is 1. The van der Waals surface area contributed by atoms with Crippen LogP contribution in [0.5, 0.6) is 0 Å². The van der Waals surface area contributed by atoms with Gasteiger partial charge in [0.1, 0.15) is 11.4 Å². The summed E-state index contributed by atoms with van der Waals surface area (Å²) in [5.41, 5.74) is -1.15. The van der Waals surface area contributed by atoms with Crippen molar-refractivity contribution in [2.24, 2.45) is 0 Å². The molecule has 6 heteroatoms. The van der Waals surface area contributed by atoms with Crippen LogP contribution in [0.4, 0.5) is 10.1 Å². The van der Waals surface area contributed by atoms with Crippen molar-refractivity contribution in [3.63, 3.8) is 0 Å². The minimum absolute atomic E-state index is 0.255. The van der Waals surface area contributed by atoms with Crippen molar-refractivity contribution in [3.8, 4) is 0 Å². The number of halogens is 1. The molecule has 1 aromatic carbocycles. The fourth-order valence-electron chi connectivity index (χ4n) is 1.91. The first-order valence-electron chi connectivity index (χ1n) is 6.03. The van der Waals surface area contributed by atoms with Crippen LogP contribution in [0.2, 0.25) is 0 Å². The number of amides is 1. The van der Waals surface area contributed by atoms with Crippen molar-refractivity contribution in [1.82, 2.24) is 5.32 Å². The topological polar surface area (TPSA) is 72.2 Å². The Kier molecular flexibility index (Phi) is 4.58. The molecule has 0 aliphatic carbocycles. The van der Waals surface area contributed by atoms with Crippen LogP contribution in [-0.4, -0.2) is 16.4 Å². The van der Waals surface area contributed by atoms with E-state index in [1.807, 2.05) is 20.8 Å². The molecule has 0 saturated heterocycles. The van der Waals surface area contributed by atoms with Gasteiger partial charge in [-0.15, -0.1) is 0 Å². The zero-order chi connectivity index (χ0) is 14.6. The number of nitrogens with one attached hydrogen (secondary N) is 1. The number of carbonyl (C=O) groups is 1. The molecule has 19 heavy (non-hydrogen) atoms. The summed E-state index contributed by atoms with van der Waals surface area (Å²) in [6.07, 6.45) is 1.58. The van der Waals surface area contributed by atoms with E-state index in [0.29, 0.717) is 0 Å². The molecule has 0 aromatic heterocycles. The Labute approximate surface area is 111 Å². The number of nitro benzene ring substituents is 1. The second-order valence-corrected chi connectivity index (χ2v) is 5.01. The zero-order valence-electron chi connectivity index (χ0n) is 11.2. The molecule has 104 valence electrons. The number of rotatable bonds is 5. The number of hydrogen-bond acceptors (Lipinski definition) is 3. The minimum Gasteiger partial charge on any atom is -0.347 e. The van der Waals surface area contributed by atoms with Crippen molar-refractivity contribution in [3.05, 3.63) is 39.7 Å². The average Bonchev–Trinajstić information content (AvgIpc) is 2.27. The Morgan fingerprint density at radius 1 is 1.47 bits per heavy atom. The predicted molar refractivity (Wildman–Crippen MR) is 69.5 cm³/mol. The van der Waals surface area contributed by atoms with E-state index in [-0.39, 0.29) is 5.56 Å². The van der Waals surface area contributed by atoms with Crippen LogP contribution >= 0.6 is 0 Å². The number of carbonyl (C=O) groups excluding carboxylic acids is 1. The lowest BCUT2D eigenvalue weighted by molar-refractivity contribution is -0.385. The summed E-state index contributed by atoms with van der Waals surface area (Å²) in [5, 5.41) is 13.5. The molecule has 1 amide bonds. The lowest BCUT2D eigenvalue weighted by Crippen LogP contribution is -2.43. The van der Waals surface area contributed by atoms with Crippen molar-refractivity contribution >= 4 is 11.6 Å². The maximum atomic E-state index is 13.1. The molecule has 0 aliphatic rings. The van der Waals surface area contributed by atoms with E-state index in [1.165, 1.54) is 0 Å². The molecular weight excluding hydrogens is 251 g/mol. The second-order valence-electron chi connectivity index (χ2n) is 5.01. The van der Waals surface area contributed by atoms with E-state index >= 15 is 0 Å². The summed E-state index contributed by atoms with van der Waals surface area (Å²) in [5.74, 6) is -1.31. The maximum absolute atomic E-state index is 13.1. The summed E-state index contributed by atoms with van der Waals surface area (Å²) in [6.45, 7) is 5.61. The quantitative estimate of drug-likeness (QED) is 0.659. The minimum atomic E-state index is -0.693. The molecule has 1 N–H and O–H groups in total. The third-order valence-electron chi connectivity index (χ3n) is 2.73. The Balaban J connectivity index is 3.05. The van der Waals surface area contributed by atoms with Gasteiger partial charge in [-0.2, -0.15) is 0 Å². The first kappa shape index (κ1) is 15.1. The lowest BCUT2D eigenvalue weighted by Gasteiger charge is -2.25. The molecule has 1 aromatic rings. The van der Waals surface area contributed by atoms with Crippen LogP contribution in [0.1, 0.15) is 44.0 Å². The van der Waals surface area contributed by atoms with Crippen LogP contribution < -0.4 is 5.32 Å². The normalized spacial score (nSPS) is 11.2. The highest BCUT2D eigenvalue weighted by atomic mass is 19.1. The van der Waals surface area contributed by atoms with Crippen LogP contribution in [-0.2, 0) is 0 Å². The molecule has 0 atom stereocenters. The molecule has 0 spiro atoms. The Morgan fingerprint density at radius 2 is 2.11 bits per heavy atom. The smallest absolute Gasteiger partial charge is 0.282 e. The van der Waals surface area contributed by atoms with Crippen molar-refractivity contribution < 1.29 is 14.1 Å². The van der Waals surface area contributed by atoms with E-state index in [0.717, 1.165) is 31.0 Å². The zero-order valence-corrected chi connectivity index (χ0v) is 11.2. The second kappa shape index (κ2) is 5.77. The Hall–Kier alpha value is -1.98. The summed E-state index contributed by atoms with van der Waals surface area (Å²) in [7, 11) is 0. The van der Waals surface area contributed by atoms with Gasteiger partial charge in [-0.3, -0.25) is 14.9 Å². The van der Waals surface area contributed by atoms with Gasteiger partial charge < -0.3 is 5.32 Å². The molecule has 5 nitrogen and oxygen atoms in total. The standard InChI is InChI=1S/C13H17FN2O3/c1-4-7-13(2,3)15-12(17)10-8-9(14)5-6-11(10)16(18)19/h5-6,8H,4,7H2,1-3H3,(H,15,17). The summed E-state index contributed by atoms with van der Waals surface area (Å²) >= 11 is 0. The monoisotopic (exact) mass is 268 g/mol. The molecule has 0 radical (unpaired) electrons. The van der Waals surface area contributed by atoms with Gasteiger partial charge in [0.25, 0.3) is 11.6 Å². The predicted octanol–water partition coefficient (Wildman–Crippen LogP) is 3.04. The molecule has 0 heterocycles. The molecule has 0 saturated carbocycles. The van der Waals surface area contributed by atoms with Gasteiger partial charge in [-0.05, 0) is 32.4 Å². The van der Waals surface area contributed by atoms with Gasteiger partial charge in [-0.25, -0.2) is 4.39 Å². The molecule has 0 fully saturated rings. The largest absolute Gasteiger partial charge is 0.347 e. The highest BCUT2D eigenvalue weighted by Gasteiger charge is 2.25. The maximum Gasteiger partial charge on any atom is 0.282 e. The number of hydrogen-bond donors (Lipinski definition) is 1. The molecule has 0 bridgehead atoms. The fourth-order valence-corrected chi connectivity index (χ4v) is 1.91. The third-order valence-corrected chi connectivity index (χ3v) is 2.73.